The Balaban J connectivity index is 2.12. The van der Waals surface area contributed by atoms with E-state index in [1.165, 1.54) is 10.2 Å². The van der Waals surface area contributed by atoms with E-state index < -0.39 is 0 Å². The van der Waals surface area contributed by atoms with Gasteiger partial charge < -0.3 is 0 Å². The maximum Gasteiger partial charge on any atom is 0.131 e. The minimum atomic E-state index is 0.848. The lowest BCUT2D eigenvalue weighted by molar-refractivity contribution is 1.92. The second kappa shape index (κ2) is 3.20. The summed E-state index contributed by atoms with van der Waals surface area (Å²) in [7, 11) is 2.27. The molecule has 0 radical (unpaired) electrons. The van der Waals surface area contributed by atoms with Gasteiger partial charge in [0.1, 0.15) is 7.85 Å². The van der Waals surface area contributed by atoms with Crippen LogP contribution in [0.1, 0.15) is 0 Å². The van der Waals surface area contributed by atoms with Gasteiger partial charge in [-0.1, -0.05) is 0 Å². The zero-order chi connectivity index (χ0) is 5.11. The summed E-state index contributed by atoms with van der Waals surface area (Å²) in [5.74, 6) is 0. The second-order valence-electron chi connectivity index (χ2n) is 1.34. The van der Waals surface area contributed by atoms with Gasteiger partial charge in [0.25, 0.3) is 0 Å². The Labute approximate surface area is 58.0 Å². The SMILES string of the molecule is BC1SCSCS1. The molecular weight excluding hydrogens is 143 g/mol. The molecule has 1 aliphatic heterocycles. The van der Waals surface area contributed by atoms with Crippen molar-refractivity contribution in [3.05, 3.63) is 0 Å². The summed E-state index contributed by atoms with van der Waals surface area (Å²) < 4.78 is 0.848. The summed E-state index contributed by atoms with van der Waals surface area (Å²) in [6, 6.07) is 0. The van der Waals surface area contributed by atoms with Crippen molar-refractivity contribution in [2.75, 3.05) is 10.2 Å². The van der Waals surface area contributed by atoms with E-state index in [0.29, 0.717) is 0 Å². The third-order valence-electron chi connectivity index (χ3n) is 0.772. The highest BCUT2D eigenvalue weighted by Crippen LogP contribution is 2.33. The molecule has 0 unspecified atom stereocenters. The van der Waals surface area contributed by atoms with E-state index in [1.807, 2.05) is 35.3 Å². The third kappa shape index (κ3) is 2.24. The Morgan fingerprint density at radius 2 is 1.86 bits per heavy atom. The average molecular weight is 150 g/mol. The van der Waals surface area contributed by atoms with E-state index in [9.17, 15) is 0 Å². The summed E-state index contributed by atoms with van der Waals surface area (Å²) in [6.45, 7) is 0. The highest BCUT2D eigenvalue weighted by molar-refractivity contribution is 8.33. The van der Waals surface area contributed by atoms with Crippen molar-refractivity contribution in [2.45, 2.75) is 4.48 Å². The molecule has 7 heavy (non-hydrogen) atoms. The molecule has 0 N–H and O–H groups in total. The lowest BCUT2D eigenvalue weighted by Gasteiger charge is -2.14. The lowest BCUT2D eigenvalue weighted by atomic mass is 10.2. The van der Waals surface area contributed by atoms with Crippen LogP contribution in [0.3, 0.4) is 0 Å². The zero-order valence-corrected chi connectivity index (χ0v) is 6.67. The van der Waals surface area contributed by atoms with Crippen LogP contribution in [0.2, 0.25) is 0 Å². The Morgan fingerprint density at radius 1 is 1.29 bits per heavy atom. The largest absolute Gasteiger partial charge is 0.146 e. The molecule has 0 atom stereocenters. The molecule has 0 aliphatic carbocycles. The molecule has 1 rings (SSSR count). The monoisotopic (exact) mass is 150 g/mol. The molecule has 40 valence electrons. The van der Waals surface area contributed by atoms with E-state index >= 15 is 0 Å². The Hall–Kier alpha value is 1.11. The van der Waals surface area contributed by atoms with E-state index in [1.54, 1.807) is 0 Å². The molecule has 0 aromatic rings. The predicted octanol–water partition coefficient (Wildman–Crippen LogP) is 1.03. The van der Waals surface area contributed by atoms with E-state index in [2.05, 4.69) is 7.85 Å². The average Bonchev–Trinajstić information content (AvgIpc) is 1.69. The molecule has 0 amide bonds. The molecular formula is C3H7BS3. The van der Waals surface area contributed by atoms with E-state index in [-0.39, 0.29) is 0 Å². The van der Waals surface area contributed by atoms with Crippen LogP contribution >= 0.6 is 35.3 Å². The van der Waals surface area contributed by atoms with E-state index in [0.717, 1.165) is 4.48 Å². The minimum absolute atomic E-state index is 0.848. The summed E-state index contributed by atoms with van der Waals surface area (Å²) >= 11 is 6.11. The number of hydrogen-bond donors (Lipinski definition) is 0. The van der Waals surface area contributed by atoms with Gasteiger partial charge >= 0.3 is 0 Å². The number of rotatable bonds is 0. The molecule has 0 nitrogen and oxygen atoms in total. The third-order valence-corrected chi connectivity index (χ3v) is 4.95. The second-order valence-corrected chi connectivity index (χ2v) is 6.01. The van der Waals surface area contributed by atoms with Gasteiger partial charge in [-0.2, -0.15) is 0 Å². The van der Waals surface area contributed by atoms with Crippen LogP contribution in [-0.4, -0.2) is 22.5 Å². The van der Waals surface area contributed by atoms with Gasteiger partial charge in [-0.3, -0.25) is 0 Å². The van der Waals surface area contributed by atoms with Gasteiger partial charge in [-0.25, -0.2) is 0 Å². The normalized spacial score (nSPS) is 25.1. The fraction of sp³-hybridized carbons (Fsp3) is 1.00. The van der Waals surface area contributed by atoms with Crippen LogP contribution in [0, 0.1) is 0 Å². The number of hydrogen-bond acceptors (Lipinski definition) is 3. The first-order valence-electron chi connectivity index (χ1n) is 2.20. The fourth-order valence-corrected chi connectivity index (χ4v) is 4.94. The summed E-state index contributed by atoms with van der Waals surface area (Å²) in [4.78, 5) is 0. The van der Waals surface area contributed by atoms with Gasteiger partial charge in [0.2, 0.25) is 0 Å². The smallest absolute Gasteiger partial charge is 0.131 e. The first kappa shape index (κ1) is 6.24. The maximum absolute atomic E-state index is 2.27. The first-order valence-corrected chi connectivity index (χ1v) is 5.46. The molecule has 4 heteroatoms. The van der Waals surface area contributed by atoms with Gasteiger partial charge in [0.15, 0.2) is 0 Å². The molecule has 0 bridgehead atoms. The molecule has 0 saturated carbocycles. The molecule has 0 aromatic carbocycles. The van der Waals surface area contributed by atoms with Crippen LogP contribution in [0.15, 0.2) is 0 Å². The molecule has 0 aromatic heterocycles. The van der Waals surface area contributed by atoms with Crippen LogP contribution in [0.5, 0.6) is 0 Å². The summed E-state index contributed by atoms with van der Waals surface area (Å²) in [5.41, 5.74) is 0. The topological polar surface area (TPSA) is 0 Å². The molecule has 1 heterocycles. The molecule has 1 saturated heterocycles. The van der Waals surface area contributed by atoms with Crippen molar-refractivity contribution < 1.29 is 0 Å². The standard InChI is InChI=1S/C3H7BS3/c4-3-6-1-5-2-7-3/h3H,1-2,4H2. The van der Waals surface area contributed by atoms with Gasteiger partial charge in [0, 0.05) is 14.7 Å². The summed E-state index contributed by atoms with van der Waals surface area (Å²) in [6.07, 6.45) is 0. The quantitative estimate of drug-likeness (QED) is 0.473. The fourth-order valence-electron chi connectivity index (χ4n) is 0.370. The highest BCUT2D eigenvalue weighted by Gasteiger charge is 2.07. The molecule has 1 fully saturated rings. The van der Waals surface area contributed by atoms with Gasteiger partial charge in [-0.15, -0.1) is 35.3 Å². The Kier molecular flexibility index (Phi) is 2.85. The van der Waals surface area contributed by atoms with Crippen LogP contribution < -0.4 is 0 Å². The summed E-state index contributed by atoms with van der Waals surface area (Å²) in [5, 5.41) is 2.60. The van der Waals surface area contributed by atoms with E-state index in [4.69, 9.17) is 0 Å². The van der Waals surface area contributed by atoms with Crippen molar-refractivity contribution >= 4 is 43.1 Å². The van der Waals surface area contributed by atoms with Crippen molar-refractivity contribution in [3.63, 3.8) is 0 Å². The lowest BCUT2D eigenvalue weighted by Crippen LogP contribution is -2.00. The molecule has 0 spiro atoms. The predicted molar refractivity (Wildman–Crippen MR) is 44.8 cm³/mol. The van der Waals surface area contributed by atoms with Gasteiger partial charge in [0.05, 0.1) is 0 Å². The van der Waals surface area contributed by atoms with Crippen LogP contribution in [0.4, 0.5) is 0 Å². The highest BCUT2D eigenvalue weighted by atomic mass is 32.3. The number of thioether (sulfide) groups is 3. The van der Waals surface area contributed by atoms with Gasteiger partial charge in [-0.05, 0) is 0 Å². The van der Waals surface area contributed by atoms with Crippen molar-refractivity contribution in [2.24, 2.45) is 0 Å². The van der Waals surface area contributed by atoms with Crippen molar-refractivity contribution in [1.29, 1.82) is 0 Å². The molecule has 1 aliphatic rings. The Bertz CT molecular complexity index is 52.1. The van der Waals surface area contributed by atoms with Crippen molar-refractivity contribution in [1.82, 2.24) is 0 Å². The first-order chi connectivity index (χ1) is 3.39. The maximum atomic E-state index is 2.27. The van der Waals surface area contributed by atoms with Crippen molar-refractivity contribution in [3.8, 4) is 0 Å². The van der Waals surface area contributed by atoms with Crippen LogP contribution in [0.25, 0.3) is 0 Å². The van der Waals surface area contributed by atoms with Crippen LogP contribution in [-0.2, 0) is 0 Å². The minimum Gasteiger partial charge on any atom is -0.146 e. The Morgan fingerprint density at radius 3 is 2.14 bits per heavy atom. The zero-order valence-electron chi connectivity index (χ0n) is 4.22.